The van der Waals surface area contributed by atoms with E-state index >= 15 is 0 Å². The molecule has 2 fully saturated rings. The van der Waals surface area contributed by atoms with Crippen LogP contribution in [-0.4, -0.2) is 22.1 Å². The summed E-state index contributed by atoms with van der Waals surface area (Å²) in [4.78, 5) is 29.5. The fraction of sp³-hybridized carbons (Fsp3) is 0.526. The van der Waals surface area contributed by atoms with E-state index in [0.29, 0.717) is 17.4 Å². The minimum atomic E-state index is -0.624. The first-order valence-electron chi connectivity index (χ1n) is 8.85. The molecule has 1 aromatic carbocycles. The molecule has 24 heavy (non-hydrogen) atoms. The van der Waals surface area contributed by atoms with Gasteiger partial charge in [0.05, 0.1) is 17.6 Å². The van der Waals surface area contributed by atoms with E-state index in [0.717, 1.165) is 18.4 Å². The number of hydrogen-bond donors (Lipinski definition) is 0. The van der Waals surface area contributed by atoms with Gasteiger partial charge in [-0.3, -0.25) is 4.79 Å². The van der Waals surface area contributed by atoms with Gasteiger partial charge in [0.15, 0.2) is 0 Å². The molecule has 1 heterocycles. The van der Waals surface area contributed by atoms with Crippen LogP contribution in [0.25, 0.3) is 11.0 Å². The number of benzene rings is 1. The van der Waals surface area contributed by atoms with Crippen molar-refractivity contribution in [1.82, 2.24) is 9.55 Å². The van der Waals surface area contributed by atoms with Gasteiger partial charge in [0.25, 0.3) is 5.56 Å². The van der Waals surface area contributed by atoms with E-state index in [4.69, 9.17) is 4.74 Å². The summed E-state index contributed by atoms with van der Waals surface area (Å²) in [5, 5.41) is 0. The van der Waals surface area contributed by atoms with Gasteiger partial charge in [0, 0.05) is 6.04 Å². The summed E-state index contributed by atoms with van der Waals surface area (Å²) in [7, 11) is 0. The van der Waals surface area contributed by atoms with Crippen molar-refractivity contribution in [2.45, 2.75) is 45.1 Å². The molecular formula is C19H22N2O3. The molecule has 2 aliphatic carbocycles. The van der Waals surface area contributed by atoms with E-state index in [1.807, 2.05) is 28.8 Å². The van der Waals surface area contributed by atoms with Crippen LogP contribution in [0.2, 0.25) is 0 Å². The molecule has 0 radical (unpaired) electrons. The van der Waals surface area contributed by atoms with Crippen LogP contribution in [0.4, 0.5) is 0 Å². The number of fused-ring (bicyclic) bond motifs is 3. The van der Waals surface area contributed by atoms with Gasteiger partial charge in [-0.15, -0.1) is 0 Å². The topological polar surface area (TPSA) is 61.2 Å². The number of ether oxygens (including phenoxy) is 1. The number of aromatic nitrogens is 2. The van der Waals surface area contributed by atoms with E-state index in [1.165, 1.54) is 19.3 Å². The summed E-state index contributed by atoms with van der Waals surface area (Å²) in [5.41, 5.74) is 1.10. The zero-order valence-corrected chi connectivity index (χ0v) is 13.9. The molecular weight excluding hydrogens is 304 g/mol. The van der Waals surface area contributed by atoms with Crippen molar-refractivity contribution in [2.24, 2.45) is 11.8 Å². The van der Waals surface area contributed by atoms with Crippen LogP contribution >= 0.6 is 0 Å². The second kappa shape index (κ2) is 6.04. The van der Waals surface area contributed by atoms with Gasteiger partial charge in [-0.05, 0) is 50.2 Å². The van der Waals surface area contributed by atoms with Crippen molar-refractivity contribution >= 4 is 17.0 Å². The second-order valence-electron chi connectivity index (χ2n) is 7.02. The van der Waals surface area contributed by atoms with Gasteiger partial charge in [0.2, 0.25) is 5.69 Å². The number of nitrogens with zero attached hydrogens (tertiary/aromatic N) is 2. The van der Waals surface area contributed by atoms with Gasteiger partial charge in [0.1, 0.15) is 0 Å². The van der Waals surface area contributed by atoms with E-state index in [9.17, 15) is 9.59 Å². The first-order valence-corrected chi connectivity index (χ1v) is 8.85. The predicted octanol–water partition coefficient (Wildman–Crippen LogP) is 3.32. The normalized spacial score (nSPS) is 25.8. The zero-order chi connectivity index (χ0) is 16.7. The quantitative estimate of drug-likeness (QED) is 0.812. The third kappa shape index (κ3) is 2.52. The number of esters is 1. The highest BCUT2D eigenvalue weighted by Gasteiger charge is 2.36. The average Bonchev–Trinajstić information content (AvgIpc) is 2.92. The fourth-order valence-corrected chi connectivity index (χ4v) is 4.53. The smallest absolute Gasteiger partial charge is 0.362 e. The van der Waals surface area contributed by atoms with Crippen molar-refractivity contribution in [2.75, 3.05) is 6.61 Å². The Hall–Kier alpha value is -2.17. The molecule has 4 rings (SSSR count). The molecule has 0 spiro atoms. The van der Waals surface area contributed by atoms with Gasteiger partial charge < -0.3 is 9.30 Å². The standard InChI is InChI=1S/C19H22N2O3/c1-2-24-19(23)17-18(22)21(16-6-4-3-5-15(16)20-17)14-10-12-7-8-13(9-12)11-14/h3-6,12-14H,2,7-11H2,1H3/t12-,13+,14-. The van der Waals surface area contributed by atoms with Crippen molar-refractivity contribution in [3.8, 4) is 0 Å². The number of para-hydroxylation sites is 2. The molecule has 0 unspecified atom stereocenters. The maximum absolute atomic E-state index is 13.0. The van der Waals surface area contributed by atoms with Gasteiger partial charge in [-0.25, -0.2) is 9.78 Å². The molecule has 3 atom stereocenters. The van der Waals surface area contributed by atoms with Crippen LogP contribution < -0.4 is 5.56 Å². The molecule has 2 aromatic rings. The molecule has 0 saturated heterocycles. The molecule has 0 amide bonds. The molecule has 0 aliphatic heterocycles. The highest BCUT2D eigenvalue weighted by Crippen LogP contribution is 2.46. The lowest BCUT2D eigenvalue weighted by Gasteiger charge is -2.30. The minimum Gasteiger partial charge on any atom is -0.461 e. The van der Waals surface area contributed by atoms with E-state index in [-0.39, 0.29) is 23.9 Å². The SMILES string of the molecule is CCOC(=O)c1nc2ccccc2n([C@@H]2C[C@@H]3CC[C@@H](C3)C2)c1=O. The second-order valence-corrected chi connectivity index (χ2v) is 7.02. The van der Waals surface area contributed by atoms with Crippen LogP contribution in [0.15, 0.2) is 29.1 Å². The summed E-state index contributed by atoms with van der Waals surface area (Å²) in [5.74, 6) is 0.790. The molecule has 2 saturated carbocycles. The molecule has 2 aliphatic rings. The summed E-state index contributed by atoms with van der Waals surface area (Å²) in [6.45, 7) is 1.97. The number of carbonyl (C=O) groups excluding carboxylic acids is 1. The van der Waals surface area contributed by atoms with Crippen molar-refractivity contribution in [1.29, 1.82) is 0 Å². The molecule has 1 aromatic heterocycles. The first kappa shape index (κ1) is 15.4. The van der Waals surface area contributed by atoms with Crippen LogP contribution in [0, 0.1) is 11.8 Å². The Bertz CT molecular complexity index is 830. The van der Waals surface area contributed by atoms with Crippen LogP contribution in [-0.2, 0) is 4.74 Å². The third-order valence-electron chi connectivity index (χ3n) is 5.49. The van der Waals surface area contributed by atoms with Crippen LogP contribution in [0.5, 0.6) is 0 Å². The van der Waals surface area contributed by atoms with Crippen molar-refractivity contribution < 1.29 is 9.53 Å². The Kier molecular flexibility index (Phi) is 3.87. The van der Waals surface area contributed by atoms with E-state index in [1.54, 1.807) is 6.92 Å². The number of rotatable bonds is 3. The lowest BCUT2D eigenvalue weighted by molar-refractivity contribution is 0.0516. The minimum absolute atomic E-state index is 0.0894. The molecule has 0 N–H and O–H groups in total. The number of carbonyl (C=O) groups is 1. The maximum atomic E-state index is 13.0. The first-order chi connectivity index (χ1) is 11.7. The average molecular weight is 326 g/mol. The summed E-state index contributed by atoms with van der Waals surface area (Å²) in [6.07, 6.45) is 5.87. The predicted molar refractivity (Wildman–Crippen MR) is 91.1 cm³/mol. The zero-order valence-electron chi connectivity index (χ0n) is 13.9. The van der Waals surface area contributed by atoms with Gasteiger partial charge >= 0.3 is 5.97 Å². The van der Waals surface area contributed by atoms with Gasteiger partial charge in [-0.2, -0.15) is 0 Å². The Morgan fingerprint density at radius 1 is 1.21 bits per heavy atom. The Morgan fingerprint density at radius 3 is 2.62 bits per heavy atom. The van der Waals surface area contributed by atoms with E-state index < -0.39 is 5.97 Å². The fourth-order valence-electron chi connectivity index (χ4n) is 4.53. The Morgan fingerprint density at radius 2 is 1.92 bits per heavy atom. The molecule has 5 heteroatoms. The highest BCUT2D eigenvalue weighted by atomic mass is 16.5. The monoisotopic (exact) mass is 326 g/mol. The highest BCUT2D eigenvalue weighted by molar-refractivity contribution is 5.89. The largest absolute Gasteiger partial charge is 0.461 e. The molecule has 5 nitrogen and oxygen atoms in total. The lowest BCUT2D eigenvalue weighted by atomic mass is 9.85. The summed E-state index contributed by atoms with van der Waals surface area (Å²) >= 11 is 0. The van der Waals surface area contributed by atoms with Crippen molar-refractivity contribution in [3.05, 3.63) is 40.3 Å². The van der Waals surface area contributed by atoms with E-state index in [2.05, 4.69) is 4.98 Å². The summed E-state index contributed by atoms with van der Waals surface area (Å²) < 4.78 is 6.86. The molecule has 126 valence electrons. The van der Waals surface area contributed by atoms with Gasteiger partial charge in [-0.1, -0.05) is 25.0 Å². The Labute approximate surface area is 140 Å². The molecule has 2 bridgehead atoms. The van der Waals surface area contributed by atoms with Crippen molar-refractivity contribution in [3.63, 3.8) is 0 Å². The third-order valence-corrected chi connectivity index (χ3v) is 5.49. The van der Waals surface area contributed by atoms with Crippen LogP contribution in [0.3, 0.4) is 0 Å². The maximum Gasteiger partial charge on any atom is 0.362 e. The lowest BCUT2D eigenvalue weighted by Crippen LogP contribution is -2.34. The van der Waals surface area contributed by atoms with Crippen LogP contribution in [0.1, 0.15) is 55.6 Å². The Balaban J connectivity index is 1.87. The summed E-state index contributed by atoms with van der Waals surface area (Å²) in [6, 6.07) is 7.73. The number of hydrogen-bond acceptors (Lipinski definition) is 4.